The third-order valence-corrected chi connectivity index (χ3v) is 4.98. The maximum atomic E-state index is 11.7. The lowest BCUT2D eigenvalue weighted by Crippen LogP contribution is -2.25. The number of hydrogen-bond acceptors (Lipinski definition) is 6. The number of rotatable bonds is 5. The summed E-state index contributed by atoms with van der Waals surface area (Å²) in [6.07, 6.45) is 1.61. The molecular formula is C22H17F3N6O4. The van der Waals surface area contributed by atoms with E-state index in [0.717, 1.165) is 16.6 Å². The van der Waals surface area contributed by atoms with Crippen molar-refractivity contribution in [2.24, 2.45) is 5.92 Å². The van der Waals surface area contributed by atoms with Crippen molar-refractivity contribution in [1.29, 1.82) is 5.26 Å². The number of carboxylic acids is 2. The number of carboxylic acid groups (broad SMARTS) is 2. The topological polar surface area (TPSA) is 158 Å². The Balaban J connectivity index is 0.000000429. The molecule has 0 spiro atoms. The molecule has 0 aliphatic carbocycles. The van der Waals surface area contributed by atoms with Gasteiger partial charge in [0.05, 0.1) is 35.5 Å². The van der Waals surface area contributed by atoms with Crippen molar-refractivity contribution < 1.29 is 33.0 Å². The number of carbonyl (C=O) groups is 2. The van der Waals surface area contributed by atoms with Gasteiger partial charge in [-0.3, -0.25) is 9.48 Å². The number of fused-ring (bicyclic) bond motifs is 1. The minimum absolute atomic E-state index is 0.470. The smallest absolute Gasteiger partial charge is 0.481 e. The van der Waals surface area contributed by atoms with Crippen LogP contribution in [0.3, 0.4) is 0 Å². The fourth-order valence-corrected chi connectivity index (χ4v) is 3.31. The van der Waals surface area contributed by atoms with Crippen LogP contribution in [0.2, 0.25) is 0 Å². The molecule has 3 N–H and O–H groups in total. The monoisotopic (exact) mass is 486 g/mol. The van der Waals surface area contributed by atoms with Gasteiger partial charge < -0.3 is 15.2 Å². The molecule has 3 aromatic heterocycles. The summed E-state index contributed by atoms with van der Waals surface area (Å²) in [4.78, 5) is 32.2. The Hall–Kier alpha value is -4.73. The highest BCUT2D eigenvalue weighted by molar-refractivity contribution is 5.90. The van der Waals surface area contributed by atoms with Gasteiger partial charge in [-0.2, -0.15) is 23.5 Å². The first kappa shape index (κ1) is 24.9. The zero-order chi connectivity index (χ0) is 25.8. The van der Waals surface area contributed by atoms with Gasteiger partial charge in [-0.25, -0.2) is 14.8 Å². The Morgan fingerprint density at radius 2 is 1.91 bits per heavy atom. The van der Waals surface area contributed by atoms with Crippen LogP contribution in [0.15, 0.2) is 55.2 Å². The molecule has 0 aliphatic heterocycles. The lowest BCUT2D eigenvalue weighted by atomic mass is 9.93. The fourth-order valence-electron chi connectivity index (χ4n) is 3.31. The van der Waals surface area contributed by atoms with Gasteiger partial charge in [0.1, 0.15) is 12.0 Å². The van der Waals surface area contributed by atoms with Gasteiger partial charge in [-0.05, 0) is 30.7 Å². The van der Waals surface area contributed by atoms with Crippen molar-refractivity contribution in [2.45, 2.75) is 19.1 Å². The van der Waals surface area contributed by atoms with Crippen LogP contribution in [0.25, 0.3) is 22.3 Å². The number of nitrogens with zero attached hydrogens (tertiary/aromatic N) is 5. The molecule has 4 aromatic rings. The molecule has 2 atom stereocenters. The van der Waals surface area contributed by atoms with Gasteiger partial charge in [0.15, 0.2) is 0 Å². The minimum atomic E-state index is -5.08. The number of aromatic nitrogens is 5. The molecule has 4 rings (SSSR count). The van der Waals surface area contributed by atoms with Crippen LogP contribution >= 0.6 is 0 Å². The summed E-state index contributed by atoms with van der Waals surface area (Å²) in [5, 5.41) is 31.2. The second kappa shape index (κ2) is 10.0. The van der Waals surface area contributed by atoms with Gasteiger partial charge in [0.25, 0.3) is 0 Å². The van der Waals surface area contributed by atoms with Crippen LogP contribution in [0.1, 0.15) is 24.1 Å². The summed E-state index contributed by atoms with van der Waals surface area (Å²) in [5.74, 6) is -4.45. The first-order chi connectivity index (χ1) is 16.5. The Bertz CT molecular complexity index is 1410. The Labute approximate surface area is 195 Å². The molecule has 35 heavy (non-hydrogen) atoms. The fraction of sp³-hybridized carbons (Fsp3) is 0.182. The summed E-state index contributed by atoms with van der Waals surface area (Å²) in [7, 11) is 0. The molecule has 2 unspecified atom stereocenters. The van der Waals surface area contributed by atoms with Crippen molar-refractivity contribution in [1.82, 2.24) is 24.7 Å². The third kappa shape index (κ3) is 5.61. The number of benzene rings is 1. The van der Waals surface area contributed by atoms with Crippen molar-refractivity contribution in [3.05, 3.63) is 66.4 Å². The number of hydrogen-bond donors (Lipinski definition) is 3. The van der Waals surface area contributed by atoms with E-state index in [1.54, 1.807) is 54.5 Å². The Kier molecular flexibility index (Phi) is 7.14. The highest BCUT2D eigenvalue weighted by Crippen LogP contribution is 2.30. The van der Waals surface area contributed by atoms with Gasteiger partial charge in [-0.1, -0.05) is 12.1 Å². The summed E-state index contributed by atoms with van der Waals surface area (Å²) in [5.41, 5.74) is 3.36. The summed E-state index contributed by atoms with van der Waals surface area (Å²) in [6.45, 7) is 1.63. The van der Waals surface area contributed by atoms with E-state index in [4.69, 9.17) is 9.90 Å². The number of halogens is 3. The Morgan fingerprint density at radius 1 is 1.20 bits per heavy atom. The van der Waals surface area contributed by atoms with Crippen LogP contribution in [0, 0.1) is 17.2 Å². The maximum Gasteiger partial charge on any atom is 0.490 e. The van der Waals surface area contributed by atoms with E-state index in [1.165, 1.54) is 6.33 Å². The number of H-pyrrole nitrogens is 1. The van der Waals surface area contributed by atoms with Crippen molar-refractivity contribution >= 4 is 23.0 Å². The average molecular weight is 486 g/mol. The average Bonchev–Trinajstić information content (AvgIpc) is 3.49. The predicted molar refractivity (Wildman–Crippen MR) is 115 cm³/mol. The largest absolute Gasteiger partial charge is 0.490 e. The molecule has 0 saturated carbocycles. The van der Waals surface area contributed by atoms with Crippen LogP contribution in [-0.4, -0.2) is 53.1 Å². The zero-order valence-corrected chi connectivity index (χ0v) is 17.9. The second-order valence-corrected chi connectivity index (χ2v) is 7.28. The quantitative estimate of drug-likeness (QED) is 0.386. The molecule has 10 nitrogen and oxygen atoms in total. The van der Waals surface area contributed by atoms with E-state index in [9.17, 15) is 28.3 Å². The Morgan fingerprint density at radius 3 is 2.54 bits per heavy atom. The molecule has 0 saturated heterocycles. The summed E-state index contributed by atoms with van der Waals surface area (Å²) < 4.78 is 33.4. The second-order valence-electron chi connectivity index (χ2n) is 7.28. The molecule has 0 bridgehead atoms. The van der Waals surface area contributed by atoms with Gasteiger partial charge in [0.2, 0.25) is 0 Å². The number of aliphatic carboxylic acids is 2. The van der Waals surface area contributed by atoms with Crippen LogP contribution < -0.4 is 0 Å². The molecule has 0 amide bonds. The molecule has 180 valence electrons. The number of nitriles is 1. The van der Waals surface area contributed by atoms with Crippen molar-refractivity contribution in [2.75, 3.05) is 0 Å². The van der Waals surface area contributed by atoms with E-state index >= 15 is 0 Å². The van der Waals surface area contributed by atoms with Crippen LogP contribution in [-0.2, 0) is 9.59 Å². The van der Waals surface area contributed by atoms with E-state index in [1.807, 2.05) is 6.07 Å². The van der Waals surface area contributed by atoms with E-state index < -0.39 is 30.1 Å². The maximum absolute atomic E-state index is 11.7. The van der Waals surface area contributed by atoms with Crippen LogP contribution in [0.4, 0.5) is 13.2 Å². The van der Waals surface area contributed by atoms with Gasteiger partial charge in [0, 0.05) is 23.3 Å². The summed E-state index contributed by atoms with van der Waals surface area (Å²) in [6, 6.07) is 10.3. The lowest BCUT2D eigenvalue weighted by Gasteiger charge is -2.22. The van der Waals surface area contributed by atoms with E-state index in [0.29, 0.717) is 16.8 Å². The highest BCUT2D eigenvalue weighted by atomic mass is 19.4. The lowest BCUT2D eigenvalue weighted by molar-refractivity contribution is -0.192. The molecule has 0 radical (unpaired) electrons. The standard InChI is InChI=1S/C20H16N6O2.C2HF3O2/c1-12(20(27)28)18(14-4-2-3-13(7-14)8-21)26-10-15(9-25-26)17-16-5-6-22-19(16)24-11-23-17;3-2(4,5)1(6)7/h2-7,9-12,18H,1H3,(H,27,28)(H,22,23,24);(H,6,7). The normalized spacial score (nSPS) is 12.8. The van der Waals surface area contributed by atoms with Crippen molar-refractivity contribution in [3.8, 4) is 17.3 Å². The molecule has 1 aromatic carbocycles. The summed E-state index contributed by atoms with van der Waals surface area (Å²) >= 11 is 0. The van der Waals surface area contributed by atoms with Crippen LogP contribution in [0.5, 0.6) is 0 Å². The molecule has 0 aliphatic rings. The molecular weight excluding hydrogens is 469 g/mol. The van der Waals surface area contributed by atoms with E-state index in [-0.39, 0.29) is 0 Å². The first-order valence-electron chi connectivity index (χ1n) is 9.88. The number of aromatic amines is 1. The first-order valence-corrected chi connectivity index (χ1v) is 9.88. The van der Waals surface area contributed by atoms with Crippen molar-refractivity contribution in [3.63, 3.8) is 0 Å². The molecule has 13 heteroatoms. The SMILES string of the molecule is CC(C(=O)O)C(c1cccc(C#N)c1)n1cc(-c2ncnc3[nH]ccc23)cn1.O=C(O)C(F)(F)F. The third-order valence-electron chi connectivity index (χ3n) is 4.98. The molecule has 3 heterocycles. The van der Waals surface area contributed by atoms with E-state index in [2.05, 4.69) is 26.1 Å². The van der Waals surface area contributed by atoms with Gasteiger partial charge in [-0.15, -0.1) is 0 Å². The number of nitrogens with one attached hydrogen (secondary N) is 1. The van der Waals surface area contributed by atoms with Gasteiger partial charge >= 0.3 is 18.1 Å². The number of alkyl halides is 3. The highest BCUT2D eigenvalue weighted by Gasteiger charge is 2.38. The predicted octanol–water partition coefficient (Wildman–Crippen LogP) is 3.64. The molecule has 0 fully saturated rings. The minimum Gasteiger partial charge on any atom is -0.481 e. The zero-order valence-electron chi connectivity index (χ0n) is 17.9.